The second-order valence-corrected chi connectivity index (χ2v) is 12.7. The number of imidazole rings is 1. The first-order valence-electron chi connectivity index (χ1n) is 14.6. The highest BCUT2D eigenvalue weighted by molar-refractivity contribution is 7.18. The highest BCUT2D eigenvalue weighted by Crippen LogP contribution is 2.44. The van der Waals surface area contributed by atoms with Crippen molar-refractivity contribution in [1.82, 2.24) is 14.9 Å². The molecule has 1 saturated carbocycles. The molecule has 1 saturated heterocycles. The van der Waals surface area contributed by atoms with Crippen molar-refractivity contribution in [3.63, 3.8) is 0 Å². The highest BCUT2D eigenvalue weighted by Gasteiger charge is 2.36. The number of carboxylic acids is 1. The lowest BCUT2D eigenvalue weighted by Gasteiger charge is -2.38. The lowest BCUT2D eigenvalue weighted by Crippen LogP contribution is -2.49. The molecule has 8 nitrogen and oxygen atoms in total. The molecule has 7 rings (SSSR count). The minimum absolute atomic E-state index is 0.0106. The molecule has 2 fully saturated rings. The number of ether oxygens (including phenoxy) is 1. The Morgan fingerprint density at radius 3 is 2.61 bits per heavy atom. The second kappa shape index (κ2) is 10.6. The molecule has 1 aliphatic carbocycles. The van der Waals surface area contributed by atoms with Gasteiger partial charge >= 0.3 is 5.97 Å². The summed E-state index contributed by atoms with van der Waals surface area (Å²) in [7, 11) is 0. The quantitative estimate of drug-likeness (QED) is 0.289. The SMILES string of the molecule is CC1CCC(C(=O)N(c2cc(-c3ccc4c(c3)OCn3c-4nc4ccccc43)sc2C(=O)O)C2CCNCC2)CC1. The minimum atomic E-state index is -0.997. The number of carbonyl (C=O) groups is 2. The number of fused-ring (bicyclic) bond motifs is 5. The smallest absolute Gasteiger partial charge is 0.348 e. The van der Waals surface area contributed by atoms with E-state index in [1.165, 1.54) is 11.3 Å². The van der Waals surface area contributed by atoms with Crippen molar-refractivity contribution >= 4 is 39.9 Å². The van der Waals surface area contributed by atoms with Crippen LogP contribution in [0.2, 0.25) is 0 Å². The van der Waals surface area contributed by atoms with E-state index in [-0.39, 0.29) is 22.7 Å². The Kier molecular flexibility index (Phi) is 6.79. The number of hydrogen-bond donors (Lipinski definition) is 2. The fraction of sp³-hybridized carbons (Fsp3) is 0.406. The van der Waals surface area contributed by atoms with E-state index in [1.54, 1.807) is 0 Å². The molecule has 9 heteroatoms. The number of hydrogen-bond acceptors (Lipinski definition) is 6. The summed E-state index contributed by atoms with van der Waals surface area (Å²) in [5.41, 5.74) is 4.27. The Labute approximate surface area is 243 Å². The summed E-state index contributed by atoms with van der Waals surface area (Å²) in [6.45, 7) is 4.25. The van der Waals surface area contributed by atoms with E-state index >= 15 is 0 Å². The van der Waals surface area contributed by atoms with E-state index < -0.39 is 5.97 Å². The van der Waals surface area contributed by atoms with E-state index in [2.05, 4.69) is 16.8 Å². The number of carboxylic acid groups (broad SMARTS) is 1. The lowest BCUT2D eigenvalue weighted by atomic mass is 9.82. The maximum absolute atomic E-state index is 14.1. The Morgan fingerprint density at radius 1 is 1.05 bits per heavy atom. The number of para-hydroxylation sites is 2. The largest absolute Gasteiger partial charge is 0.477 e. The molecular formula is C32H34N4O4S. The van der Waals surface area contributed by atoms with Crippen LogP contribution in [0.3, 0.4) is 0 Å². The maximum atomic E-state index is 14.1. The number of nitrogens with one attached hydrogen (secondary N) is 1. The van der Waals surface area contributed by atoms with Gasteiger partial charge in [0.15, 0.2) is 6.73 Å². The number of aromatic carboxylic acids is 1. The molecule has 2 aromatic carbocycles. The summed E-state index contributed by atoms with van der Waals surface area (Å²) in [5.74, 6) is 1.26. The first-order chi connectivity index (χ1) is 20.0. The highest BCUT2D eigenvalue weighted by atomic mass is 32.1. The molecule has 3 aliphatic rings. The first kappa shape index (κ1) is 26.2. The number of carbonyl (C=O) groups excluding carboxylic acids is 1. The van der Waals surface area contributed by atoms with E-state index in [0.29, 0.717) is 18.3 Å². The van der Waals surface area contributed by atoms with Gasteiger partial charge in [-0.3, -0.25) is 9.36 Å². The van der Waals surface area contributed by atoms with Gasteiger partial charge in [-0.1, -0.05) is 25.1 Å². The topological polar surface area (TPSA) is 96.7 Å². The number of benzene rings is 2. The molecule has 2 N–H and O–H groups in total. The van der Waals surface area contributed by atoms with E-state index in [0.717, 1.165) is 90.2 Å². The van der Waals surface area contributed by atoms with E-state index in [9.17, 15) is 14.7 Å². The third-order valence-corrected chi connectivity index (χ3v) is 10.1. The lowest BCUT2D eigenvalue weighted by molar-refractivity contribution is -0.124. The predicted molar refractivity (Wildman–Crippen MR) is 161 cm³/mol. The van der Waals surface area contributed by atoms with Crippen LogP contribution in [-0.2, 0) is 11.5 Å². The van der Waals surface area contributed by atoms with Crippen LogP contribution in [-0.4, -0.2) is 45.7 Å². The third-order valence-electron chi connectivity index (χ3n) is 8.95. The van der Waals surface area contributed by atoms with Gasteiger partial charge in [-0.25, -0.2) is 9.78 Å². The molecule has 41 heavy (non-hydrogen) atoms. The van der Waals surface area contributed by atoms with Crippen molar-refractivity contribution in [2.45, 2.75) is 58.2 Å². The van der Waals surface area contributed by atoms with Gasteiger partial charge in [0.1, 0.15) is 16.5 Å². The predicted octanol–water partition coefficient (Wildman–Crippen LogP) is 6.39. The standard InChI is InChI=1S/C32H34N4O4S/c1-19-6-8-20(9-7-19)31(37)36(22-12-14-33-15-13-22)26-17-28(41-29(26)32(38)39)21-10-11-23-27(16-21)40-18-35-25-5-3-2-4-24(25)34-30(23)35/h2-5,10-11,16-17,19-20,22,33H,6-9,12-15,18H2,1H3,(H,38,39). The summed E-state index contributed by atoms with van der Waals surface area (Å²) in [6.07, 6.45) is 5.45. The molecule has 1 amide bonds. The van der Waals surface area contributed by atoms with Gasteiger partial charge < -0.3 is 20.1 Å². The molecule has 0 bridgehead atoms. The normalized spacial score (nSPS) is 20.7. The molecule has 0 atom stereocenters. The van der Waals surface area contributed by atoms with Gasteiger partial charge in [-0.15, -0.1) is 11.3 Å². The Bertz CT molecular complexity index is 1630. The summed E-state index contributed by atoms with van der Waals surface area (Å²) in [5, 5.41) is 13.7. The Hall–Kier alpha value is -3.69. The zero-order chi connectivity index (χ0) is 28.1. The van der Waals surface area contributed by atoms with Crippen molar-refractivity contribution in [3.05, 3.63) is 53.4 Å². The van der Waals surface area contributed by atoms with Crippen LogP contribution in [0.1, 0.15) is 55.1 Å². The number of aromatic nitrogens is 2. The van der Waals surface area contributed by atoms with Gasteiger partial charge in [-0.2, -0.15) is 0 Å². The van der Waals surface area contributed by atoms with Crippen LogP contribution >= 0.6 is 11.3 Å². The zero-order valence-electron chi connectivity index (χ0n) is 23.1. The molecule has 0 unspecified atom stereocenters. The van der Waals surface area contributed by atoms with Gasteiger partial charge in [0.2, 0.25) is 5.91 Å². The molecular weight excluding hydrogens is 536 g/mol. The fourth-order valence-electron chi connectivity index (χ4n) is 6.65. The maximum Gasteiger partial charge on any atom is 0.348 e. The number of thiophene rings is 1. The van der Waals surface area contributed by atoms with Gasteiger partial charge in [-0.05, 0) is 93.4 Å². The number of rotatable bonds is 5. The second-order valence-electron chi connectivity index (χ2n) is 11.6. The zero-order valence-corrected chi connectivity index (χ0v) is 24.0. The van der Waals surface area contributed by atoms with Crippen molar-refractivity contribution in [3.8, 4) is 27.6 Å². The summed E-state index contributed by atoms with van der Waals surface area (Å²) < 4.78 is 8.24. The molecule has 2 aromatic heterocycles. The fourth-order valence-corrected chi connectivity index (χ4v) is 7.63. The van der Waals surface area contributed by atoms with E-state index in [1.807, 2.05) is 53.4 Å². The van der Waals surface area contributed by atoms with E-state index in [4.69, 9.17) is 9.72 Å². The molecule has 2 aliphatic heterocycles. The number of amides is 1. The monoisotopic (exact) mass is 570 g/mol. The summed E-state index contributed by atoms with van der Waals surface area (Å²) >= 11 is 1.23. The Balaban J connectivity index is 1.27. The van der Waals surface area contributed by atoms with Crippen molar-refractivity contribution in [2.75, 3.05) is 18.0 Å². The van der Waals surface area contributed by atoms with Crippen LogP contribution in [0.25, 0.3) is 32.9 Å². The van der Waals surface area contributed by atoms with Gasteiger partial charge in [0.25, 0.3) is 0 Å². The van der Waals surface area contributed by atoms with Gasteiger partial charge in [0, 0.05) is 16.8 Å². The van der Waals surface area contributed by atoms with Crippen LogP contribution in [0.5, 0.6) is 5.75 Å². The molecule has 212 valence electrons. The first-order valence-corrected chi connectivity index (χ1v) is 15.4. The van der Waals surface area contributed by atoms with Crippen LogP contribution in [0, 0.1) is 11.8 Å². The molecule has 4 aromatic rings. The Morgan fingerprint density at radius 2 is 1.83 bits per heavy atom. The van der Waals surface area contributed by atoms with Crippen molar-refractivity contribution in [1.29, 1.82) is 0 Å². The van der Waals surface area contributed by atoms with Crippen LogP contribution < -0.4 is 15.0 Å². The molecule has 4 heterocycles. The summed E-state index contributed by atoms with van der Waals surface area (Å²) in [4.78, 5) is 34.4. The van der Waals surface area contributed by atoms with Crippen LogP contribution in [0.15, 0.2) is 48.5 Å². The third kappa shape index (κ3) is 4.71. The van der Waals surface area contributed by atoms with Crippen molar-refractivity contribution in [2.24, 2.45) is 11.8 Å². The number of piperidine rings is 1. The summed E-state index contributed by atoms with van der Waals surface area (Å²) in [6, 6.07) is 15.9. The average Bonchev–Trinajstić information content (AvgIpc) is 3.60. The average molecular weight is 571 g/mol. The molecule has 0 radical (unpaired) electrons. The number of anilines is 1. The van der Waals surface area contributed by atoms with Gasteiger partial charge in [0.05, 0.1) is 22.3 Å². The number of nitrogens with zero attached hydrogens (tertiary/aromatic N) is 3. The van der Waals surface area contributed by atoms with Crippen molar-refractivity contribution < 1.29 is 19.4 Å². The van der Waals surface area contributed by atoms with Crippen LogP contribution in [0.4, 0.5) is 5.69 Å². The minimum Gasteiger partial charge on any atom is -0.477 e. The molecule has 0 spiro atoms.